The number of Topliss-reactive ketones (excluding diaryl/α,β-unsaturated/α-hetero) is 1. The van der Waals surface area contributed by atoms with Gasteiger partial charge in [0.2, 0.25) is 11.8 Å². The van der Waals surface area contributed by atoms with Gasteiger partial charge in [0.25, 0.3) is 5.56 Å². The number of carbonyl (C=O) groups is 2. The van der Waals surface area contributed by atoms with Crippen molar-refractivity contribution in [3.05, 3.63) is 46.2 Å². The maximum Gasteiger partial charge on any atom is 0.255 e. The summed E-state index contributed by atoms with van der Waals surface area (Å²) in [7, 11) is 1.41. The van der Waals surface area contributed by atoms with Gasteiger partial charge in [-0.25, -0.2) is 0 Å². The Hall–Kier alpha value is -2.61. The van der Waals surface area contributed by atoms with E-state index in [2.05, 4.69) is 15.3 Å². The van der Waals surface area contributed by atoms with Crippen LogP contribution in [-0.2, 0) is 4.79 Å². The minimum Gasteiger partial charge on any atom is -0.481 e. The van der Waals surface area contributed by atoms with E-state index in [0.29, 0.717) is 16.4 Å². The fourth-order valence-electron chi connectivity index (χ4n) is 1.83. The Morgan fingerprint density at radius 1 is 1.29 bits per heavy atom. The first-order chi connectivity index (χ1) is 11.4. The molecule has 0 aliphatic carbocycles. The Morgan fingerprint density at radius 3 is 2.54 bits per heavy atom. The van der Waals surface area contributed by atoms with E-state index in [1.165, 1.54) is 20.1 Å². The van der Waals surface area contributed by atoms with E-state index in [9.17, 15) is 14.4 Å². The molecule has 8 heteroatoms. The second-order valence-electron chi connectivity index (χ2n) is 4.98. The van der Waals surface area contributed by atoms with Crippen molar-refractivity contribution < 1.29 is 14.3 Å². The molecule has 0 bridgehead atoms. The lowest BCUT2D eigenvalue weighted by Gasteiger charge is -2.12. The van der Waals surface area contributed by atoms with Crippen molar-refractivity contribution in [1.29, 1.82) is 0 Å². The van der Waals surface area contributed by atoms with Crippen LogP contribution < -0.4 is 15.6 Å². The van der Waals surface area contributed by atoms with E-state index >= 15 is 0 Å². The number of methoxy groups -OCH3 is 1. The van der Waals surface area contributed by atoms with Crippen LogP contribution in [0.4, 0.5) is 5.69 Å². The number of nitrogens with zero attached hydrogens (tertiary/aromatic N) is 1. The molecule has 0 radical (unpaired) electrons. The summed E-state index contributed by atoms with van der Waals surface area (Å²) in [5, 5.41) is 2.56. The average molecular weight is 347 g/mol. The van der Waals surface area contributed by atoms with Gasteiger partial charge in [-0.15, -0.1) is 0 Å². The second-order valence-corrected chi connectivity index (χ2v) is 6.31. The van der Waals surface area contributed by atoms with E-state index in [0.717, 1.165) is 11.8 Å². The Balaban J connectivity index is 2.03. The number of ether oxygens (including phenoxy) is 1. The number of H-pyrrole nitrogens is 1. The first kappa shape index (κ1) is 17.7. The quantitative estimate of drug-likeness (QED) is 0.471. The second kappa shape index (κ2) is 7.78. The molecule has 1 aromatic heterocycles. The minimum absolute atomic E-state index is 0.0372. The summed E-state index contributed by atoms with van der Waals surface area (Å²) in [6.45, 7) is 3.18. The molecule has 0 spiro atoms. The van der Waals surface area contributed by atoms with Gasteiger partial charge >= 0.3 is 0 Å². The van der Waals surface area contributed by atoms with Crippen LogP contribution in [0.2, 0.25) is 0 Å². The highest BCUT2D eigenvalue weighted by Gasteiger charge is 2.16. The van der Waals surface area contributed by atoms with Crippen molar-refractivity contribution in [1.82, 2.24) is 9.97 Å². The van der Waals surface area contributed by atoms with Crippen molar-refractivity contribution in [2.45, 2.75) is 24.3 Å². The highest BCUT2D eigenvalue weighted by molar-refractivity contribution is 8.00. The fraction of sp³-hybridized carbons (Fsp3) is 0.250. The maximum absolute atomic E-state index is 12.2. The Labute approximate surface area is 142 Å². The van der Waals surface area contributed by atoms with Crippen LogP contribution in [0.5, 0.6) is 5.88 Å². The number of hydrogen-bond donors (Lipinski definition) is 2. The predicted molar refractivity (Wildman–Crippen MR) is 91.8 cm³/mol. The SMILES string of the molecule is COc1cc(=O)[nH]c(SC(C)C(=O)Nc2ccc(C(C)=O)cc2)n1. The summed E-state index contributed by atoms with van der Waals surface area (Å²) in [5.41, 5.74) is 0.815. The van der Waals surface area contributed by atoms with Crippen molar-refractivity contribution in [3.8, 4) is 5.88 Å². The van der Waals surface area contributed by atoms with Crippen LogP contribution in [0.3, 0.4) is 0 Å². The van der Waals surface area contributed by atoms with Crippen LogP contribution in [0.15, 0.2) is 40.3 Å². The molecule has 0 saturated heterocycles. The van der Waals surface area contributed by atoms with Gasteiger partial charge in [-0.1, -0.05) is 11.8 Å². The first-order valence-electron chi connectivity index (χ1n) is 7.13. The maximum atomic E-state index is 12.2. The molecule has 24 heavy (non-hydrogen) atoms. The molecule has 0 saturated carbocycles. The van der Waals surface area contributed by atoms with Crippen molar-refractivity contribution >= 4 is 29.1 Å². The molecule has 1 unspecified atom stereocenters. The zero-order valence-electron chi connectivity index (χ0n) is 13.5. The zero-order valence-corrected chi connectivity index (χ0v) is 14.3. The first-order valence-corrected chi connectivity index (χ1v) is 8.01. The molecule has 0 aliphatic heterocycles. The summed E-state index contributed by atoms with van der Waals surface area (Å²) < 4.78 is 4.93. The summed E-state index contributed by atoms with van der Waals surface area (Å²) in [6.07, 6.45) is 0. The van der Waals surface area contributed by atoms with E-state index in [1.54, 1.807) is 31.2 Å². The number of hydrogen-bond acceptors (Lipinski definition) is 6. The number of benzene rings is 1. The van der Waals surface area contributed by atoms with E-state index in [1.807, 2.05) is 0 Å². The minimum atomic E-state index is -0.493. The standard InChI is InChI=1S/C16H17N3O4S/c1-9(20)11-4-6-12(7-5-11)17-15(22)10(2)24-16-18-13(21)8-14(19-16)23-3/h4-8,10H,1-3H3,(H,17,22)(H,18,19,21). The molecule has 2 aromatic rings. The molecule has 2 rings (SSSR count). The number of amides is 1. The van der Waals surface area contributed by atoms with Gasteiger partial charge < -0.3 is 15.0 Å². The fourth-order valence-corrected chi connectivity index (χ4v) is 2.63. The number of aromatic amines is 1. The summed E-state index contributed by atoms with van der Waals surface area (Å²) in [6, 6.07) is 7.86. The lowest BCUT2D eigenvalue weighted by Crippen LogP contribution is -2.23. The Bertz CT molecular complexity index is 802. The number of ketones is 1. The largest absolute Gasteiger partial charge is 0.481 e. The summed E-state index contributed by atoms with van der Waals surface area (Å²) >= 11 is 1.11. The van der Waals surface area contributed by atoms with Crippen LogP contribution in [0.25, 0.3) is 0 Å². The van der Waals surface area contributed by atoms with Crippen molar-refractivity contribution in [3.63, 3.8) is 0 Å². The molecule has 1 heterocycles. The third-order valence-corrected chi connectivity index (χ3v) is 4.11. The predicted octanol–water partition coefficient (Wildman–Crippen LogP) is 2.10. The lowest BCUT2D eigenvalue weighted by atomic mass is 10.1. The highest BCUT2D eigenvalue weighted by Crippen LogP contribution is 2.21. The van der Waals surface area contributed by atoms with Crippen molar-refractivity contribution in [2.24, 2.45) is 0 Å². The van der Waals surface area contributed by atoms with Gasteiger partial charge in [0.1, 0.15) is 0 Å². The average Bonchev–Trinajstić information content (AvgIpc) is 2.54. The Morgan fingerprint density at radius 2 is 1.96 bits per heavy atom. The number of rotatable bonds is 6. The number of anilines is 1. The molecule has 0 fully saturated rings. The van der Waals surface area contributed by atoms with Crippen molar-refractivity contribution in [2.75, 3.05) is 12.4 Å². The van der Waals surface area contributed by atoms with Gasteiger partial charge in [-0.05, 0) is 38.1 Å². The molecule has 1 amide bonds. The molecular formula is C16H17N3O4S. The summed E-state index contributed by atoms with van der Waals surface area (Å²) in [5.74, 6) is -0.0976. The zero-order chi connectivity index (χ0) is 17.7. The molecule has 1 aromatic carbocycles. The molecule has 0 aliphatic rings. The lowest BCUT2D eigenvalue weighted by molar-refractivity contribution is -0.115. The van der Waals surface area contributed by atoms with Gasteiger partial charge in [0, 0.05) is 11.3 Å². The Kier molecular flexibility index (Phi) is 5.75. The molecule has 7 nitrogen and oxygen atoms in total. The molecule has 2 N–H and O–H groups in total. The smallest absolute Gasteiger partial charge is 0.255 e. The number of nitrogens with one attached hydrogen (secondary N) is 2. The van der Waals surface area contributed by atoms with Crippen LogP contribution in [-0.4, -0.2) is 34.0 Å². The van der Waals surface area contributed by atoms with E-state index in [-0.39, 0.29) is 23.1 Å². The van der Waals surface area contributed by atoms with Gasteiger partial charge in [0.05, 0.1) is 18.4 Å². The van der Waals surface area contributed by atoms with Crippen LogP contribution in [0.1, 0.15) is 24.2 Å². The topological polar surface area (TPSA) is 101 Å². The van der Waals surface area contributed by atoms with Crippen LogP contribution >= 0.6 is 11.8 Å². The monoisotopic (exact) mass is 347 g/mol. The molecule has 126 valence electrons. The third-order valence-electron chi connectivity index (χ3n) is 3.12. The van der Waals surface area contributed by atoms with Crippen LogP contribution in [0, 0.1) is 0 Å². The highest BCUT2D eigenvalue weighted by atomic mass is 32.2. The summed E-state index contributed by atoms with van der Waals surface area (Å²) in [4.78, 5) is 41.6. The van der Waals surface area contributed by atoms with Gasteiger partial charge in [0.15, 0.2) is 10.9 Å². The normalized spacial score (nSPS) is 11.6. The molecular weight excluding hydrogens is 330 g/mol. The number of aromatic nitrogens is 2. The number of carbonyl (C=O) groups excluding carboxylic acids is 2. The van der Waals surface area contributed by atoms with E-state index in [4.69, 9.17) is 4.74 Å². The molecule has 1 atom stereocenters. The number of thioether (sulfide) groups is 1. The van der Waals surface area contributed by atoms with Gasteiger partial charge in [-0.2, -0.15) is 4.98 Å². The van der Waals surface area contributed by atoms with Gasteiger partial charge in [-0.3, -0.25) is 14.4 Å². The van der Waals surface area contributed by atoms with E-state index < -0.39 is 5.25 Å². The third kappa shape index (κ3) is 4.69.